The molecule has 0 bridgehead atoms. The van der Waals surface area contributed by atoms with Crippen LogP contribution in [0, 0.1) is 0 Å². The van der Waals surface area contributed by atoms with Crippen molar-refractivity contribution in [2.75, 3.05) is 13.7 Å². The topological polar surface area (TPSA) is 200 Å². The van der Waals surface area contributed by atoms with Crippen molar-refractivity contribution in [3.63, 3.8) is 0 Å². The molecule has 3 aliphatic rings. The largest absolute Gasteiger partial charge is 0.507 e. The average molecular weight is 562 g/mol. The van der Waals surface area contributed by atoms with Crippen molar-refractivity contribution in [3.05, 3.63) is 51.6 Å². The first kappa shape index (κ1) is 28.1. The average Bonchev–Trinajstić information content (AvgIpc) is 2.94. The number of ether oxygens (including phenoxy) is 3. The molecule has 6 N–H and O–H groups in total. The van der Waals surface area contributed by atoms with Crippen molar-refractivity contribution in [3.8, 4) is 17.2 Å². The standard InChI is InChI=1S/C27H27FO12/c1-9-20(31)25(36)19(28)26(39-9)40-13-7-27(37,14(30)8-29)6-11-16(13)24(35)18-17(22(11)33)21(32)10-4-3-5-12(38-2)15(10)23(18)34/h3-5,9,13,19-20,25-26,29,31,33,35-37H,6-8H2,1-2H3/t9-,13-,19+,20+,25-,26-,27-/m0/s1. The monoisotopic (exact) mass is 562 g/mol. The van der Waals surface area contributed by atoms with E-state index in [2.05, 4.69) is 0 Å². The van der Waals surface area contributed by atoms with E-state index in [1.807, 2.05) is 0 Å². The molecule has 12 nitrogen and oxygen atoms in total. The van der Waals surface area contributed by atoms with E-state index >= 15 is 0 Å². The van der Waals surface area contributed by atoms with Crippen LogP contribution in [-0.4, -0.2) is 98.1 Å². The van der Waals surface area contributed by atoms with Crippen molar-refractivity contribution in [2.24, 2.45) is 0 Å². The summed E-state index contributed by atoms with van der Waals surface area (Å²) in [5.74, 6) is -4.41. The number of Topliss-reactive ketones (excluding diaryl/α,β-unsaturated/α-hetero) is 1. The first-order valence-corrected chi connectivity index (χ1v) is 12.4. The highest BCUT2D eigenvalue weighted by molar-refractivity contribution is 6.31. The number of phenols is 2. The van der Waals surface area contributed by atoms with Gasteiger partial charge >= 0.3 is 0 Å². The van der Waals surface area contributed by atoms with E-state index in [4.69, 9.17) is 14.2 Å². The molecule has 1 heterocycles. The number of halogens is 1. The number of phenolic OH excluding ortho intramolecular Hbond substituents is 2. The Balaban J connectivity index is 1.70. The molecule has 0 radical (unpaired) electrons. The number of hydrogen-bond acceptors (Lipinski definition) is 12. The van der Waals surface area contributed by atoms with E-state index in [9.17, 15) is 49.4 Å². The maximum atomic E-state index is 15.0. The van der Waals surface area contributed by atoms with E-state index in [-0.39, 0.29) is 28.0 Å². The minimum absolute atomic E-state index is 0.0336. The Morgan fingerprint density at radius 2 is 1.77 bits per heavy atom. The SMILES string of the molecule is COc1cccc2c1C(=O)c1c(O)c3c(c(O)c1C2=O)C[C@@](O)(C(=O)CO)C[C@@H]3O[C@@H]1O[C@@H](C)[C@@H](O)[C@@H](O)[C@H]1F. The van der Waals surface area contributed by atoms with Gasteiger partial charge < -0.3 is 44.8 Å². The van der Waals surface area contributed by atoms with Gasteiger partial charge in [-0.15, -0.1) is 0 Å². The van der Waals surface area contributed by atoms with Crippen LogP contribution in [0.4, 0.5) is 4.39 Å². The van der Waals surface area contributed by atoms with Gasteiger partial charge in [-0.2, -0.15) is 0 Å². The second kappa shape index (κ2) is 9.87. The molecule has 2 aromatic rings. The van der Waals surface area contributed by atoms with E-state index in [1.54, 1.807) is 0 Å². The van der Waals surface area contributed by atoms with Gasteiger partial charge in [0, 0.05) is 29.5 Å². The van der Waals surface area contributed by atoms with Gasteiger partial charge in [-0.05, 0) is 13.0 Å². The van der Waals surface area contributed by atoms with Crippen molar-refractivity contribution in [2.45, 2.75) is 62.2 Å². The predicted molar refractivity (Wildman–Crippen MR) is 130 cm³/mol. The van der Waals surface area contributed by atoms with Crippen molar-refractivity contribution < 1.29 is 63.6 Å². The number of rotatable bonds is 5. The highest BCUT2D eigenvalue weighted by Crippen LogP contribution is 2.52. The van der Waals surface area contributed by atoms with Crippen LogP contribution in [0.3, 0.4) is 0 Å². The Morgan fingerprint density at radius 3 is 2.42 bits per heavy atom. The Bertz CT molecular complexity index is 1420. The highest BCUT2D eigenvalue weighted by atomic mass is 19.1. The summed E-state index contributed by atoms with van der Waals surface area (Å²) >= 11 is 0. The summed E-state index contributed by atoms with van der Waals surface area (Å²) in [6.45, 7) is 0.222. The summed E-state index contributed by atoms with van der Waals surface area (Å²) in [6.07, 6.45) is -11.9. The summed E-state index contributed by atoms with van der Waals surface area (Å²) in [5.41, 5.74) is -4.52. The summed E-state index contributed by atoms with van der Waals surface area (Å²) < 4.78 is 31.2. The zero-order valence-electron chi connectivity index (χ0n) is 21.3. The molecule has 214 valence electrons. The van der Waals surface area contributed by atoms with Crippen molar-refractivity contribution in [1.82, 2.24) is 0 Å². The molecule has 2 aromatic carbocycles. The summed E-state index contributed by atoms with van der Waals surface area (Å²) in [7, 11) is 1.28. The van der Waals surface area contributed by atoms with Crippen LogP contribution >= 0.6 is 0 Å². The number of carbonyl (C=O) groups excluding carboxylic acids is 3. The third-order valence-corrected chi connectivity index (χ3v) is 7.80. The third kappa shape index (κ3) is 4.00. The number of carbonyl (C=O) groups is 3. The molecular weight excluding hydrogens is 535 g/mol. The van der Waals surface area contributed by atoms with E-state index in [0.717, 1.165) is 0 Å². The van der Waals surface area contributed by atoms with Crippen LogP contribution in [0.15, 0.2) is 18.2 Å². The van der Waals surface area contributed by atoms with Gasteiger partial charge in [0.2, 0.25) is 5.78 Å². The lowest BCUT2D eigenvalue weighted by Crippen LogP contribution is -2.56. The minimum atomic E-state index is -2.41. The third-order valence-electron chi connectivity index (χ3n) is 7.80. The van der Waals surface area contributed by atoms with Gasteiger partial charge in [0.05, 0.1) is 36.0 Å². The van der Waals surface area contributed by atoms with Gasteiger partial charge in [-0.1, -0.05) is 12.1 Å². The van der Waals surface area contributed by atoms with Crippen LogP contribution in [0.25, 0.3) is 0 Å². The van der Waals surface area contributed by atoms with Gasteiger partial charge in [-0.3, -0.25) is 14.4 Å². The van der Waals surface area contributed by atoms with Crippen LogP contribution in [-0.2, 0) is 20.7 Å². The summed E-state index contributed by atoms with van der Waals surface area (Å²) in [5, 5.41) is 63.4. The van der Waals surface area contributed by atoms with E-state index in [0.29, 0.717) is 0 Å². The lowest BCUT2D eigenvalue weighted by molar-refractivity contribution is -0.294. The molecule has 0 aromatic heterocycles. The van der Waals surface area contributed by atoms with Crippen LogP contribution < -0.4 is 4.74 Å². The van der Waals surface area contributed by atoms with Gasteiger partial charge in [0.25, 0.3) is 0 Å². The van der Waals surface area contributed by atoms with Gasteiger partial charge in [0.1, 0.15) is 41.7 Å². The number of alkyl halides is 1. The van der Waals surface area contributed by atoms with Crippen LogP contribution in [0.1, 0.15) is 62.4 Å². The lowest BCUT2D eigenvalue weighted by atomic mass is 9.72. The molecule has 0 unspecified atom stereocenters. The highest BCUT2D eigenvalue weighted by Gasteiger charge is 2.51. The number of ketones is 3. The van der Waals surface area contributed by atoms with E-state index in [1.165, 1.54) is 32.2 Å². The smallest absolute Gasteiger partial charge is 0.202 e. The van der Waals surface area contributed by atoms with Gasteiger partial charge in [0.15, 0.2) is 24.0 Å². The molecule has 0 amide bonds. The molecule has 40 heavy (non-hydrogen) atoms. The normalized spacial score (nSPS) is 31.3. The van der Waals surface area contributed by atoms with E-state index < -0.39 is 102 Å². The fraction of sp³-hybridized carbons (Fsp3) is 0.444. The number of aromatic hydroxyl groups is 2. The maximum Gasteiger partial charge on any atom is 0.202 e. The number of benzene rings is 2. The molecule has 13 heteroatoms. The number of hydrogen-bond donors (Lipinski definition) is 6. The molecule has 2 aliphatic carbocycles. The van der Waals surface area contributed by atoms with Gasteiger partial charge in [-0.25, -0.2) is 4.39 Å². The predicted octanol–water partition coefficient (Wildman–Crippen LogP) is -0.0171. The number of fused-ring (bicyclic) bond motifs is 3. The number of aliphatic hydroxyl groups excluding tert-OH is 3. The second-order valence-corrected chi connectivity index (χ2v) is 10.1. The molecule has 0 saturated carbocycles. The van der Waals surface area contributed by atoms with Crippen molar-refractivity contribution >= 4 is 17.3 Å². The fourth-order valence-corrected chi connectivity index (χ4v) is 5.66. The Kier molecular flexibility index (Phi) is 6.93. The first-order chi connectivity index (χ1) is 18.9. The molecular formula is C27H27FO12. The molecule has 5 rings (SSSR count). The second-order valence-electron chi connectivity index (χ2n) is 10.1. The minimum Gasteiger partial charge on any atom is -0.507 e. The molecule has 1 saturated heterocycles. The quantitative estimate of drug-likeness (QED) is 0.228. The molecule has 1 aliphatic heterocycles. The van der Waals surface area contributed by atoms with Crippen molar-refractivity contribution in [1.29, 1.82) is 0 Å². The molecule has 0 spiro atoms. The zero-order chi connectivity index (χ0) is 29.3. The van der Waals surface area contributed by atoms with Crippen LogP contribution in [0.2, 0.25) is 0 Å². The Labute approximate surface area is 226 Å². The maximum absolute atomic E-state index is 15.0. The Hall–Kier alpha value is -3.46. The summed E-state index contributed by atoms with van der Waals surface area (Å²) in [4.78, 5) is 39.7. The Morgan fingerprint density at radius 1 is 1.10 bits per heavy atom. The number of aliphatic hydroxyl groups is 4. The lowest BCUT2D eigenvalue weighted by Gasteiger charge is -2.43. The molecule has 7 atom stereocenters. The summed E-state index contributed by atoms with van der Waals surface area (Å²) in [6, 6.07) is 4.21. The molecule has 1 fully saturated rings. The fourth-order valence-electron chi connectivity index (χ4n) is 5.66. The number of methoxy groups -OCH3 is 1. The zero-order valence-corrected chi connectivity index (χ0v) is 21.3. The van der Waals surface area contributed by atoms with Crippen LogP contribution in [0.5, 0.6) is 17.2 Å². The first-order valence-electron chi connectivity index (χ1n) is 12.4.